The molecule has 2 rings (SSSR count). The van der Waals surface area contributed by atoms with Crippen molar-refractivity contribution in [2.24, 2.45) is 0 Å². The molecule has 6 nitrogen and oxygen atoms in total. The first-order valence-corrected chi connectivity index (χ1v) is 7.79. The highest BCUT2D eigenvalue weighted by molar-refractivity contribution is 8.01. The second-order valence-electron chi connectivity index (χ2n) is 4.01. The van der Waals surface area contributed by atoms with E-state index in [4.69, 9.17) is 0 Å². The Balaban J connectivity index is 2.49. The number of aromatic nitrogens is 4. The summed E-state index contributed by atoms with van der Waals surface area (Å²) < 4.78 is 0.672. The van der Waals surface area contributed by atoms with E-state index in [1.165, 1.54) is 23.1 Å². The number of aryl methyl sites for hydroxylation is 2. The monoisotopic (exact) mass is 310 g/mol. The molecule has 0 aromatic carbocycles. The van der Waals surface area contributed by atoms with E-state index in [2.05, 4.69) is 20.4 Å². The van der Waals surface area contributed by atoms with E-state index < -0.39 is 5.97 Å². The Bertz CT molecular complexity index is 642. The van der Waals surface area contributed by atoms with Crippen LogP contribution in [0.15, 0.2) is 9.37 Å². The summed E-state index contributed by atoms with van der Waals surface area (Å²) in [6.07, 6.45) is 1.28. The molecule has 0 saturated carbocycles. The fourth-order valence-corrected chi connectivity index (χ4v) is 3.67. The summed E-state index contributed by atoms with van der Waals surface area (Å²) in [7, 11) is 0. The fraction of sp³-hybridized carbons (Fsp3) is 0.417. The molecule has 106 valence electrons. The number of aromatic carboxylic acids is 1. The standard InChI is InChI=1S/C12H14N4O2S2/c1-4-7-8(5-2)14-15-10(9(7)11(17)18)20-12-16-13-6(3)19-12/h4-5H2,1-3H3,(H,17,18). The molecule has 0 aliphatic rings. The van der Waals surface area contributed by atoms with Crippen molar-refractivity contribution < 1.29 is 9.90 Å². The zero-order chi connectivity index (χ0) is 14.7. The van der Waals surface area contributed by atoms with Gasteiger partial charge in [0.1, 0.15) is 10.0 Å². The maximum atomic E-state index is 11.6. The van der Waals surface area contributed by atoms with E-state index in [9.17, 15) is 9.90 Å². The van der Waals surface area contributed by atoms with Crippen molar-refractivity contribution in [3.8, 4) is 0 Å². The fourth-order valence-electron chi connectivity index (χ4n) is 1.85. The number of carboxylic acids is 1. The van der Waals surface area contributed by atoms with Crippen molar-refractivity contribution in [1.29, 1.82) is 0 Å². The second-order valence-corrected chi connectivity index (χ2v) is 6.42. The van der Waals surface area contributed by atoms with Gasteiger partial charge in [0.25, 0.3) is 0 Å². The quantitative estimate of drug-likeness (QED) is 0.908. The Labute approximate surface area is 124 Å². The van der Waals surface area contributed by atoms with Crippen LogP contribution in [0.2, 0.25) is 0 Å². The summed E-state index contributed by atoms with van der Waals surface area (Å²) in [5.41, 5.74) is 1.72. The van der Waals surface area contributed by atoms with Gasteiger partial charge in [-0.2, -0.15) is 5.10 Å². The molecule has 20 heavy (non-hydrogen) atoms. The lowest BCUT2D eigenvalue weighted by molar-refractivity contribution is 0.0690. The lowest BCUT2D eigenvalue weighted by atomic mass is 10.0. The lowest BCUT2D eigenvalue weighted by Gasteiger charge is -2.10. The Morgan fingerprint density at radius 3 is 2.45 bits per heavy atom. The smallest absolute Gasteiger partial charge is 0.338 e. The van der Waals surface area contributed by atoms with Crippen molar-refractivity contribution in [3.63, 3.8) is 0 Å². The average Bonchev–Trinajstić information content (AvgIpc) is 2.83. The van der Waals surface area contributed by atoms with Gasteiger partial charge in [0, 0.05) is 0 Å². The molecule has 0 aliphatic carbocycles. The Morgan fingerprint density at radius 2 is 1.95 bits per heavy atom. The van der Waals surface area contributed by atoms with Crippen LogP contribution in [0, 0.1) is 6.92 Å². The first-order valence-electron chi connectivity index (χ1n) is 6.16. The van der Waals surface area contributed by atoms with Crippen molar-refractivity contribution in [2.45, 2.75) is 43.0 Å². The summed E-state index contributed by atoms with van der Waals surface area (Å²) in [6.45, 7) is 5.71. The SMILES string of the molecule is CCc1nnc(Sc2nnc(C)s2)c(C(=O)O)c1CC. The van der Waals surface area contributed by atoms with Gasteiger partial charge in [-0.15, -0.1) is 15.3 Å². The molecule has 0 bridgehead atoms. The first kappa shape index (κ1) is 14.9. The van der Waals surface area contributed by atoms with Crippen LogP contribution in [0.4, 0.5) is 0 Å². The largest absolute Gasteiger partial charge is 0.478 e. The minimum Gasteiger partial charge on any atom is -0.478 e. The van der Waals surface area contributed by atoms with Gasteiger partial charge in [0.2, 0.25) is 0 Å². The normalized spacial score (nSPS) is 10.8. The van der Waals surface area contributed by atoms with Gasteiger partial charge in [-0.1, -0.05) is 25.2 Å². The van der Waals surface area contributed by atoms with Gasteiger partial charge >= 0.3 is 5.97 Å². The maximum absolute atomic E-state index is 11.6. The first-order chi connectivity index (χ1) is 9.56. The highest BCUT2D eigenvalue weighted by Gasteiger charge is 2.22. The molecule has 0 fully saturated rings. The Kier molecular flexibility index (Phi) is 4.66. The highest BCUT2D eigenvalue weighted by Crippen LogP contribution is 2.32. The topological polar surface area (TPSA) is 88.9 Å². The van der Waals surface area contributed by atoms with E-state index in [0.29, 0.717) is 22.2 Å². The molecule has 0 radical (unpaired) electrons. The van der Waals surface area contributed by atoms with Gasteiger partial charge in [0.15, 0.2) is 4.34 Å². The van der Waals surface area contributed by atoms with Crippen LogP contribution in [-0.2, 0) is 12.8 Å². The number of carbonyl (C=O) groups is 1. The van der Waals surface area contributed by atoms with E-state index in [-0.39, 0.29) is 5.56 Å². The third-order valence-electron chi connectivity index (χ3n) is 2.72. The molecule has 1 N–H and O–H groups in total. The van der Waals surface area contributed by atoms with Crippen molar-refractivity contribution in [2.75, 3.05) is 0 Å². The van der Waals surface area contributed by atoms with Crippen LogP contribution in [0.25, 0.3) is 0 Å². The number of carboxylic acid groups (broad SMARTS) is 1. The number of hydrogen-bond donors (Lipinski definition) is 1. The predicted octanol–water partition coefficient (Wildman–Crippen LogP) is 2.61. The molecule has 0 saturated heterocycles. The van der Waals surface area contributed by atoms with Crippen molar-refractivity contribution in [3.05, 3.63) is 21.8 Å². The average molecular weight is 310 g/mol. The van der Waals surface area contributed by atoms with Gasteiger partial charge in [0.05, 0.1) is 11.3 Å². The van der Waals surface area contributed by atoms with Gasteiger partial charge in [-0.3, -0.25) is 0 Å². The van der Waals surface area contributed by atoms with Crippen molar-refractivity contribution in [1.82, 2.24) is 20.4 Å². The minimum absolute atomic E-state index is 0.234. The number of nitrogens with zero attached hydrogens (tertiary/aromatic N) is 4. The molecule has 0 unspecified atom stereocenters. The molecular weight excluding hydrogens is 296 g/mol. The van der Waals surface area contributed by atoms with Gasteiger partial charge in [-0.25, -0.2) is 4.79 Å². The zero-order valence-corrected chi connectivity index (χ0v) is 13.0. The molecular formula is C12H14N4O2S2. The molecule has 0 spiro atoms. The maximum Gasteiger partial charge on any atom is 0.338 e. The van der Waals surface area contributed by atoms with Crippen LogP contribution in [0.1, 0.15) is 40.5 Å². The van der Waals surface area contributed by atoms with Crippen LogP contribution in [-0.4, -0.2) is 31.5 Å². The molecule has 2 aromatic rings. The zero-order valence-electron chi connectivity index (χ0n) is 11.4. The number of rotatable bonds is 5. The summed E-state index contributed by atoms with van der Waals surface area (Å²) in [5.74, 6) is -0.977. The number of hydrogen-bond acceptors (Lipinski definition) is 7. The third-order valence-corrected chi connectivity index (χ3v) is 4.59. The Hall–Kier alpha value is -1.54. The molecule has 8 heteroatoms. The minimum atomic E-state index is -0.977. The Morgan fingerprint density at radius 1 is 1.20 bits per heavy atom. The summed E-state index contributed by atoms with van der Waals surface area (Å²) >= 11 is 2.61. The summed E-state index contributed by atoms with van der Waals surface area (Å²) in [6, 6.07) is 0. The van der Waals surface area contributed by atoms with Crippen molar-refractivity contribution >= 4 is 29.1 Å². The van der Waals surface area contributed by atoms with E-state index >= 15 is 0 Å². The van der Waals surface area contributed by atoms with E-state index in [1.54, 1.807) is 0 Å². The molecule has 0 amide bonds. The second kappa shape index (κ2) is 6.27. The van der Waals surface area contributed by atoms with Gasteiger partial charge < -0.3 is 5.11 Å². The molecule has 2 heterocycles. The van der Waals surface area contributed by atoms with Gasteiger partial charge in [-0.05, 0) is 37.1 Å². The third kappa shape index (κ3) is 2.96. The molecule has 0 aliphatic heterocycles. The summed E-state index contributed by atoms with van der Waals surface area (Å²) in [4.78, 5) is 11.6. The van der Waals surface area contributed by atoms with E-state index in [0.717, 1.165) is 16.3 Å². The van der Waals surface area contributed by atoms with Crippen LogP contribution in [0.3, 0.4) is 0 Å². The lowest BCUT2D eigenvalue weighted by Crippen LogP contribution is -2.11. The van der Waals surface area contributed by atoms with Crippen LogP contribution < -0.4 is 0 Å². The summed E-state index contributed by atoms with van der Waals surface area (Å²) in [5, 5.41) is 26.8. The highest BCUT2D eigenvalue weighted by atomic mass is 32.2. The van der Waals surface area contributed by atoms with Crippen LogP contribution >= 0.6 is 23.1 Å². The van der Waals surface area contributed by atoms with Crippen LogP contribution in [0.5, 0.6) is 0 Å². The predicted molar refractivity (Wildman–Crippen MR) is 76.5 cm³/mol. The molecule has 2 aromatic heterocycles. The molecule has 0 atom stereocenters. The van der Waals surface area contributed by atoms with E-state index in [1.807, 2.05) is 20.8 Å².